The number of benzene rings is 2. The maximum absolute atomic E-state index is 12.9. The number of hydrogen-bond acceptors (Lipinski definition) is 6. The molecule has 4 rings (SSSR count). The molecule has 31 heavy (non-hydrogen) atoms. The van der Waals surface area contributed by atoms with Crippen LogP contribution in [0.3, 0.4) is 0 Å². The molecule has 158 valence electrons. The lowest BCUT2D eigenvalue weighted by atomic mass is 10.2. The van der Waals surface area contributed by atoms with Gasteiger partial charge in [-0.15, -0.1) is 11.3 Å². The number of nitrogens with one attached hydrogen (secondary N) is 1. The third-order valence-electron chi connectivity index (χ3n) is 4.67. The van der Waals surface area contributed by atoms with Crippen LogP contribution in [0.25, 0.3) is 11.0 Å². The molecule has 1 N–H and O–H groups in total. The van der Waals surface area contributed by atoms with Crippen molar-refractivity contribution >= 4 is 28.2 Å². The van der Waals surface area contributed by atoms with E-state index in [-0.39, 0.29) is 29.7 Å². The van der Waals surface area contributed by atoms with Crippen LogP contribution >= 0.6 is 11.3 Å². The summed E-state index contributed by atoms with van der Waals surface area (Å²) in [6, 6.07) is 17.7. The van der Waals surface area contributed by atoms with Gasteiger partial charge in [0.1, 0.15) is 22.8 Å². The van der Waals surface area contributed by atoms with Gasteiger partial charge in [-0.3, -0.25) is 9.59 Å². The quantitative estimate of drug-likeness (QED) is 0.431. The summed E-state index contributed by atoms with van der Waals surface area (Å²) in [6.45, 7) is 3.46. The van der Waals surface area contributed by atoms with Gasteiger partial charge in [0, 0.05) is 10.9 Å². The van der Waals surface area contributed by atoms with E-state index in [1.807, 2.05) is 42.6 Å². The van der Waals surface area contributed by atoms with Gasteiger partial charge in [-0.2, -0.15) is 0 Å². The molecule has 0 saturated heterocycles. The lowest BCUT2D eigenvalue weighted by molar-refractivity contribution is -0.123. The number of rotatable bonds is 7. The molecule has 4 aromatic rings. The van der Waals surface area contributed by atoms with Crippen LogP contribution in [0.15, 0.2) is 75.3 Å². The molecule has 0 radical (unpaired) electrons. The average Bonchev–Trinajstić information content (AvgIpc) is 3.31. The van der Waals surface area contributed by atoms with Crippen molar-refractivity contribution in [1.82, 2.24) is 5.32 Å². The summed E-state index contributed by atoms with van der Waals surface area (Å²) in [5.74, 6) is 1.27. The summed E-state index contributed by atoms with van der Waals surface area (Å²) in [5, 5.41) is 5.24. The summed E-state index contributed by atoms with van der Waals surface area (Å²) in [6.07, 6.45) is 0. The molecule has 6 nitrogen and oxygen atoms in total. The van der Waals surface area contributed by atoms with Crippen molar-refractivity contribution in [3.8, 4) is 17.2 Å². The first-order valence-electron chi connectivity index (χ1n) is 9.77. The highest BCUT2D eigenvalue weighted by Gasteiger charge is 2.15. The average molecular weight is 436 g/mol. The Hall–Kier alpha value is -3.58. The second-order valence-electron chi connectivity index (χ2n) is 6.98. The summed E-state index contributed by atoms with van der Waals surface area (Å²) < 4.78 is 17.1. The molecular formula is C24H21NO5S. The summed E-state index contributed by atoms with van der Waals surface area (Å²) in [5.41, 5.74) is 0.101. The van der Waals surface area contributed by atoms with Crippen LogP contribution < -0.4 is 20.2 Å². The molecule has 2 aromatic heterocycles. The zero-order chi connectivity index (χ0) is 21.8. The molecule has 0 aliphatic carbocycles. The number of aryl methyl sites for hydroxylation is 1. The molecule has 0 unspecified atom stereocenters. The van der Waals surface area contributed by atoms with E-state index in [0.29, 0.717) is 28.2 Å². The van der Waals surface area contributed by atoms with E-state index >= 15 is 0 Å². The molecule has 1 atom stereocenters. The standard InChI is InChI=1S/C24H21NO5S/c1-15(21-9-6-12-31-21)25-22(26)14-28-18-10-11-19-20(13-18)29-16(2)24(23(19)27)30-17-7-4-3-5-8-17/h3-13,15H,14H2,1-2H3,(H,25,26)/t15-/m1/s1. The number of hydrogen-bond donors (Lipinski definition) is 1. The fourth-order valence-electron chi connectivity index (χ4n) is 3.12. The molecule has 0 saturated carbocycles. The highest BCUT2D eigenvalue weighted by atomic mass is 32.1. The number of ether oxygens (including phenoxy) is 2. The number of para-hydroxylation sites is 1. The SMILES string of the molecule is Cc1oc2cc(OCC(=O)N[C@H](C)c3cccs3)ccc2c(=O)c1Oc1ccccc1. The third kappa shape index (κ3) is 4.78. The van der Waals surface area contributed by atoms with Crippen LogP contribution in [0.5, 0.6) is 17.2 Å². The van der Waals surface area contributed by atoms with E-state index in [4.69, 9.17) is 13.9 Å². The van der Waals surface area contributed by atoms with Crippen molar-refractivity contribution in [3.63, 3.8) is 0 Å². The monoisotopic (exact) mass is 435 g/mol. The Labute approximate surface area is 183 Å². The molecule has 0 aliphatic heterocycles. The number of carbonyl (C=O) groups excluding carboxylic acids is 1. The minimum absolute atomic E-state index is 0.0867. The predicted molar refractivity (Wildman–Crippen MR) is 120 cm³/mol. The van der Waals surface area contributed by atoms with Crippen LogP contribution in [-0.4, -0.2) is 12.5 Å². The van der Waals surface area contributed by atoms with Crippen molar-refractivity contribution in [2.24, 2.45) is 0 Å². The lowest BCUT2D eigenvalue weighted by Gasteiger charge is -2.13. The van der Waals surface area contributed by atoms with Crippen molar-refractivity contribution < 1.29 is 18.7 Å². The third-order valence-corrected chi connectivity index (χ3v) is 5.72. The molecule has 0 spiro atoms. The molecule has 7 heteroatoms. The highest BCUT2D eigenvalue weighted by Crippen LogP contribution is 2.27. The molecule has 1 amide bonds. The Bertz CT molecular complexity index is 1250. The van der Waals surface area contributed by atoms with Gasteiger partial charge in [0.2, 0.25) is 11.2 Å². The molecule has 2 aromatic carbocycles. The van der Waals surface area contributed by atoms with E-state index in [2.05, 4.69) is 5.32 Å². The Morgan fingerprint density at radius 1 is 1.10 bits per heavy atom. The van der Waals surface area contributed by atoms with Gasteiger partial charge < -0.3 is 19.2 Å². The largest absolute Gasteiger partial charge is 0.484 e. The van der Waals surface area contributed by atoms with Gasteiger partial charge in [0.25, 0.3) is 5.91 Å². The van der Waals surface area contributed by atoms with Gasteiger partial charge in [-0.25, -0.2) is 0 Å². The second-order valence-corrected chi connectivity index (χ2v) is 7.96. The van der Waals surface area contributed by atoms with E-state index in [1.165, 1.54) is 0 Å². The van der Waals surface area contributed by atoms with Gasteiger partial charge in [-0.05, 0) is 49.6 Å². The zero-order valence-electron chi connectivity index (χ0n) is 17.1. The summed E-state index contributed by atoms with van der Waals surface area (Å²) >= 11 is 1.59. The molecular weight excluding hydrogens is 414 g/mol. The zero-order valence-corrected chi connectivity index (χ0v) is 17.9. The van der Waals surface area contributed by atoms with Crippen LogP contribution in [0.2, 0.25) is 0 Å². The summed E-state index contributed by atoms with van der Waals surface area (Å²) in [7, 11) is 0. The van der Waals surface area contributed by atoms with Crippen molar-refractivity contribution in [3.05, 3.63) is 86.9 Å². The highest BCUT2D eigenvalue weighted by molar-refractivity contribution is 7.10. The fraction of sp³-hybridized carbons (Fsp3) is 0.167. The Morgan fingerprint density at radius 3 is 2.65 bits per heavy atom. The van der Waals surface area contributed by atoms with Gasteiger partial charge in [-0.1, -0.05) is 24.3 Å². The molecule has 2 heterocycles. The number of carbonyl (C=O) groups is 1. The molecule has 0 aliphatic rings. The van der Waals surface area contributed by atoms with E-state index in [9.17, 15) is 9.59 Å². The van der Waals surface area contributed by atoms with Crippen LogP contribution in [0.1, 0.15) is 23.6 Å². The van der Waals surface area contributed by atoms with E-state index < -0.39 is 0 Å². The van der Waals surface area contributed by atoms with Crippen molar-refractivity contribution in [2.45, 2.75) is 19.9 Å². The van der Waals surface area contributed by atoms with E-state index in [0.717, 1.165) is 4.88 Å². The van der Waals surface area contributed by atoms with Gasteiger partial charge >= 0.3 is 0 Å². The van der Waals surface area contributed by atoms with Crippen LogP contribution in [0, 0.1) is 6.92 Å². The van der Waals surface area contributed by atoms with E-state index in [1.54, 1.807) is 48.6 Å². The lowest BCUT2D eigenvalue weighted by Crippen LogP contribution is -2.30. The minimum Gasteiger partial charge on any atom is -0.484 e. The topological polar surface area (TPSA) is 77.8 Å². The fourth-order valence-corrected chi connectivity index (χ4v) is 3.86. The minimum atomic E-state index is -0.267. The van der Waals surface area contributed by atoms with Crippen molar-refractivity contribution in [2.75, 3.05) is 6.61 Å². The maximum Gasteiger partial charge on any atom is 0.258 e. The van der Waals surface area contributed by atoms with Gasteiger partial charge in [0.05, 0.1) is 11.4 Å². The normalized spacial score (nSPS) is 11.8. The first-order chi connectivity index (χ1) is 15.0. The predicted octanol–water partition coefficient (Wildman–Crippen LogP) is 5.21. The first-order valence-corrected chi connectivity index (χ1v) is 10.6. The second kappa shape index (κ2) is 9.06. The Morgan fingerprint density at radius 2 is 1.90 bits per heavy atom. The Kier molecular flexibility index (Phi) is 6.04. The summed E-state index contributed by atoms with van der Waals surface area (Å²) in [4.78, 5) is 26.1. The number of fused-ring (bicyclic) bond motifs is 1. The van der Waals surface area contributed by atoms with Crippen LogP contribution in [0.4, 0.5) is 0 Å². The maximum atomic E-state index is 12.9. The van der Waals surface area contributed by atoms with Gasteiger partial charge in [0.15, 0.2) is 6.61 Å². The number of thiophene rings is 1. The Balaban J connectivity index is 1.47. The first kappa shape index (κ1) is 20.7. The smallest absolute Gasteiger partial charge is 0.258 e. The molecule has 0 fully saturated rings. The molecule has 0 bridgehead atoms. The van der Waals surface area contributed by atoms with Crippen molar-refractivity contribution in [1.29, 1.82) is 0 Å². The number of amides is 1. The van der Waals surface area contributed by atoms with Crippen LogP contribution in [-0.2, 0) is 4.79 Å².